The van der Waals surface area contributed by atoms with Gasteiger partial charge in [-0.3, -0.25) is 4.98 Å². The van der Waals surface area contributed by atoms with Crippen LogP contribution in [-0.4, -0.2) is 30.2 Å². The molecule has 0 aliphatic heterocycles. The van der Waals surface area contributed by atoms with Crippen molar-refractivity contribution in [3.05, 3.63) is 35.2 Å². The number of nitrogens with zero attached hydrogens (tertiary/aromatic N) is 7. The van der Waals surface area contributed by atoms with Crippen molar-refractivity contribution in [2.75, 3.05) is 0 Å². The Bertz CT molecular complexity index is 798. The van der Waals surface area contributed by atoms with Crippen molar-refractivity contribution in [1.29, 1.82) is 5.26 Å². The van der Waals surface area contributed by atoms with Gasteiger partial charge in [-0.2, -0.15) is 9.94 Å². The van der Waals surface area contributed by atoms with Gasteiger partial charge in [0.25, 0.3) is 0 Å². The first kappa shape index (κ1) is 13.3. The van der Waals surface area contributed by atoms with Crippen molar-refractivity contribution in [1.82, 2.24) is 30.2 Å². The molecule has 0 amide bonds. The first-order valence-corrected chi connectivity index (χ1v) is 7.12. The monoisotopic (exact) mass is 297 g/mol. The Kier molecular flexibility index (Phi) is 3.41. The van der Waals surface area contributed by atoms with Crippen LogP contribution in [0.5, 0.6) is 0 Å². The average molecular weight is 297 g/mol. The molecule has 3 rings (SSSR count). The zero-order valence-corrected chi connectivity index (χ0v) is 12.2. The Morgan fingerprint density at radius 3 is 2.76 bits per heavy atom. The fourth-order valence-corrected chi connectivity index (χ4v) is 2.60. The second-order valence-electron chi connectivity index (χ2n) is 4.63. The van der Waals surface area contributed by atoms with Gasteiger partial charge in [0, 0.05) is 23.9 Å². The van der Waals surface area contributed by atoms with E-state index in [1.165, 1.54) is 11.3 Å². The molecule has 0 bridgehead atoms. The summed E-state index contributed by atoms with van der Waals surface area (Å²) in [5, 5.41) is 26.9. The Morgan fingerprint density at radius 1 is 1.29 bits per heavy atom. The van der Waals surface area contributed by atoms with Crippen molar-refractivity contribution < 1.29 is 0 Å². The van der Waals surface area contributed by atoms with Gasteiger partial charge in [0.05, 0.1) is 0 Å². The van der Waals surface area contributed by atoms with Gasteiger partial charge in [0.15, 0.2) is 5.69 Å². The van der Waals surface area contributed by atoms with Gasteiger partial charge in [0.1, 0.15) is 16.8 Å². The van der Waals surface area contributed by atoms with Crippen LogP contribution >= 0.6 is 11.3 Å². The molecule has 0 aliphatic rings. The van der Waals surface area contributed by atoms with E-state index in [9.17, 15) is 5.26 Å². The fourth-order valence-electron chi connectivity index (χ4n) is 1.80. The molecular weight excluding hydrogens is 286 g/mol. The van der Waals surface area contributed by atoms with Crippen molar-refractivity contribution in [3.63, 3.8) is 0 Å². The van der Waals surface area contributed by atoms with E-state index < -0.39 is 0 Å². The van der Waals surface area contributed by atoms with Gasteiger partial charge in [-0.1, -0.05) is 30.4 Å². The Hall–Kier alpha value is -2.66. The predicted octanol–water partition coefficient (Wildman–Crippen LogP) is 2.18. The topological polar surface area (TPSA) is 93.2 Å². The lowest BCUT2D eigenvalue weighted by molar-refractivity contribution is 0.775. The number of nitriles is 1. The third-order valence-electron chi connectivity index (χ3n) is 2.82. The van der Waals surface area contributed by atoms with E-state index >= 15 is 0 Å². The smallest absolute Gasteiger partial charge is 0.234 e. The molecule has 0 aliphatic carbocycles. The molecule has 8 heteroatoms. The van der Waals surface area contributed by atoms with E-state index in [0.717, 1.165) is 10.6 Å². The summed E-state index contributed by atoms with van der Waals surface area (Å²) in [6.45, 7) is 4.10. The molecule has 3 heterocycles. The molecular formula is C13H11N7S. The highest BCUT2D eigenvalue weighted by Crippen LogP contribution is 2.27. The average Bonchev–Trinajstić information content (AvgIpc) is 3.14. The van der Waals surface area contributed by atoms with Crippen LogP contribution in [0.3, 0.4) is 0 Å². The lowest BCUT2D eigenvalue weighted by Gasteiger charge is -2.02. The predicted molar refractivity (Wildman–Crippen MR) is 76.9 cm³/mol. The van der Waals surface area contributed by atoms with Crippen LogP contribution in [-0.2, 0) is 0 Å². The van der Waals surface area contributed by atoms with E-state index in [1.807, 2.05) is 26.0 Å². The zero-order valence-electron chi connectivity index (χ0n) is 11.4. The first-order valence-electron chi connectivity index (χ1n) is 6.30. The van der Waals surface area contributed by atoms with Crippen LogP contribution < -0.4 is 0 Å². The maximum atomic E-state index is 9.21. The highest BCUT2D eigenvalue weighted by molar-refractivity contribution is 7.13. The van der Waals surface area contributed by atoms with Gasteiger partial charge >= 0.3 is 0 Å². The molecule has 3 aromatic rings. The number of hydrogen-bond acceptors (Lipinski definition) is 7. The molecule has 0 unspecified atom stereocenters. The maximum absolute atomic E-state index is 9.21. The number of hydrogen-bond donors (Lipinski definition) is 0. The number of aromatic nitrogens is 6. The number of pyridine rings is 1. The third-order valence-corrected chi connectivity index (χ3v) is 4.02. The minimum absolute atomic E-state index is 0.240. The summed E-state index contributed by atoms with van der Waals surface area (Å²) in [7, 11) is 0. The molecule has 0 aromatic carbocycles. The molecule has 0 fully saturated rings. The normalized spacial score (nSPS) is 10.8. The van der Waals surface area contributed by atoms with E-state index in [1.54, 1.807) is 23.1 Å². The minimum Gasteiger partial charge on any atom is -0.264 e. The highest BCUT2D eigenvalue weighted by Gasteiger charge is 2.19. The van der Waals surface area contributed by atoms with Crippen LogP contribution in [0.4, 0.5) is 0 Å². The standard InChI is InChI=1S/C13H11N7S/c1-8(2)12-17-18-13(21-12)20-11(10(6-14)16-19-20)9-4-3-5-15-7-9/h3-5,7-8H,1-2H3. The van der Waals surface area contributed by atoms with Gasteiger partial charge in [-0.05, 0) is 12.1 Å². The van der Waals surface area contributed by atoms with Crippen molar-refractivity contribution >= 4 is 11.3 Å². The lowest BCUT2D eigenvalue weighted by Crippen LogP contribution is -1.99. The van der Waals surface area contributed by atoms with Gasteiger partial charge < -0.3 is 0 Å². The van der Waals surface area contributed by atoms with E-state index in [4.69, 9.17) is 0 Å². The van der Waals surface area contributed by atoms with Gasteiger partial charge in [0.2, 0.25) is 5.13 Å². The SMILES string of the molecule is CC(C)c1nnc(-n2nnc(C#N)c2-c2cccnc2)s1. The summed E-state index contributed by atoms with van der Waals surface area (Å²) in [5.41, 5.74) is 1.58. The summed E-state index contributed by atoms with van der Waals surface area (Å²) in [4.78, 5) is 4.07. The van der Waals surface area contributed by atoms with Crippen LogP contribution in [0.2, 0.25) is 0 Å². The quantitative estimate of drug-likeness (QED) is 0.735. The maximum Gasteiger partial charge on any atom is 0.234 e. The summed E-state index contributed by atoms with van der Waals surface area (Å²) >= 11 is 1.44. The third kappa shape index (κ3) is 2.39. The lowest BCUT2D eigenvalue weighted by atomic mass is 10.2. The largest absolute Gasteiger partial charge is 0.264 e. The zero-order chi connectivity index (χ0) is 14.8. The van der Waals surface area contributed by atoms with Gasteiger partial charge in [-0.15, -0.1) is 15.3 Å². The second kappa shape index (κ2) is 5.38. The molecule has 0 radical (unpaired) electrons. The summed E-state index contributed by atoms with van der Waals surface area (Å²) in [6, 6.07) is 5.70. The van der Waals surface area contributed by atoms with Crippen molar-refractivity contribution in [2.45, 2.75) is 19.8 Å². The van der Waals surface area contributed by atoms with E-state index in [0.29, 0.717) is 10.8 Å². The molecule has 104 valence electrons. The molecule has 0 spiro atoms. The van der Waals surface area contributed by atoms with Gasteiger partial charge in [-0.25, -0.2) is 0 Å². The van der Waals surface area contributed by atoms with Crippen molar-refractivity contribution in [3.8, 4) is 22.5 Å². The van der Waals surface area contributed by atoms with Crippen LogP contribution in [0.15, 0.2) is 24.5 Å². The first-order chi connectivity index (χ1) is 10.2. The second-order valence-corrected chi connectivity index (χ2v) is 5.62. The number of rotatable bonds is 3. The van der Waals surface area contributed by atoms with Crippen molar-refractivity contribution in [2.24, 2.45) is 0 Å². The van der Waals surface area contributed by atoms with E-state index in [-0.39, 0.29) is 11.6 Å². The molecule has 3 aromatic heterocycles. The Morgan fingerprint density at radius 2 is 2.14 bits per heavy atom. The van der Waals surface area contributed by atoms with Crippen LogP contribution in [0, 0.1) is 11.3 Å². The molecule has 0 N–H and O–H groups in total. The Labute approximate surface area is 124 Å². The molecule has 0 saturated carbocycles. The molecule has 0 saturated heterocycles. The van der Waals surface area contributed by atoms with E-state index in [2.05, 4.69) is 25.5 Å². The molecule has 0 atom stereocenters. The van der Waals surface area contributed by atoms with Crippen LogP contribution in [0.25, 0.3) is 16.4 Å². The summed E-state index contributed by atoms with van der Waals surface area (Å²) < 4.78 is 1.54. The van der Waals surface area contributed by atoms with Crippen LogP contribution in [0.1, 0.15) is 30.5 Å². The Balaban J connectivity index is 2.16. The fraction of sp³-hybridized carbons (Fsp3) is 0.231. The summed E-state index contributed by atoms with van der Waals surface area (Å²) in [5.74, 6) is 0.289. The molecule has 21 heavy (non-hydrogen) atoms. The summed E-state index contributed by atoms with van der Waals surface area (Å²) in [6.07, 6.45) is 3.34. The molecule has 7 nitrogen and oxygen atoms in total. The highest BCUT2D eigenvalue weighted by atomic mass is 32.1. The minimum atomic E-state index is 0.240.